The summed E-state index contributed by atoms with van der Waals surface area (Å²) in [6, 6.07) is 6.35. The van der Waals surface area contributed by atoms with E-state index in [4.69, 9.17) is 0 Å². The van der Waals surface area contributed by atoms with E-state index in [0.717, 1.165) is 37.9 Å². The maximum absolute atomic E-state index is 13.2. The highest BCUT2D eigenvalue weighted by atomic mass is 19.1. The Labute approximate surface area is 160 Å². The van der Waals surface area contributed by atoms with Gasteiger partial charge in [-0.25, -0.2) is 4.39 Å². The second-order valence-corrected chi connectivity index (χ2v) is 9.00. The first-order valence-corrected chi connectivity index (χ1v) is 9.74. The molecule has 0 bridgehead atoms. The van der Waals surface area contributed by atoms with Crippen molar-refractivity contribution >= 4 is 11.8 Å². The lowest BCUT2D eigenvalue weighted by Crippen LogP contribution is -2.50. The van der Waals surface area contributed by atoms with Crippen LogP contribution in [0.1, 0.15) is 45.6 Å². The van der Waals surface area contributed by atoms with Crippen molar-refractivity contribution in [1.82, 2.24) is 15.1 Å². The molecule has 0 saturated carbocycles. The number of hydrogen-bond donors (Lipinski definition) is 1. The molecule has 2 aliphatic rings. The number of benzene rings is 1. The fraction of sp³-hybridized carbons (Fsp3) is 0.619. The molecule has 1 aromatic carbocycles. The van der Waals surface area contributed by atoms with E-state index in [1.165, 1.54) is 12.1 Å². The third kappa shape index (κ3) is 4.86. The van der Waals surface area contributed by atoms with E-state index < -0.39 is 0 Å². The molecule has 0 aromatic heterocycles. The molecular formula is C21H30FN3O2. The van der Waals surface area contributed by atoms with Crippen LogP contribution in [0.5, 0.6) is 0 Å². The van der Waals surface area contributed by atoms with Crippen LogP contribution in [0.15, 0.2) is 24.3 Å². The van der Waals surface area contributed by atoms with Crippen molar-refractivity contribution in [2.24, 2.45) is 5.41 Å². The second-order valence-electron chi connectivity index (χ2n) is 9.00. The van der Waals surface area contributed by atoms with Gasteiger partial charge in [-0.2, -0.15) is 0 Å². The van der Waals surface area contributed by atoms with Gasteiger partial charge in [0.1, 0.15) is 5.82 Å². The van der Waals surface area contributed by atoms with Crippen LogP contribution in [-0.2, 0) is 16.1 Å². The van der Waals surface area contributed by atoms with Crippen LogP contribution in [0, 0.1) is 11.2 Å². The Kier molecular flexibility index (Phi) is 5.56. The molecule has 1 aromatic rings. The lowest BCUT2D eigenvalue weighted by Gasteiger charge is -2.39. The van der Waals surface area contributed by atoms with Crippen LogP contribution in [0.3, 0.4) is 0 Å². The molecule has 6 heteroatoms. The van der Waals surface area contributed by atoms with Crippen molar-refractivity contribution in [3.8, 4) is 0 Å². The smallest absolute Gasteiger partial charge is 0.234 e. The summed E-state index contributed by atoms with van der Waals surface area (Å²) in [5.41, 5.74) is 0.322. The maximum Gasteiger partial charge on any atom is 0.234 e. The molecule has 5 nitrogen and oxygen atoms in total. The highest BCUT2D eigenvalue weighted by molar-refractivity contribution is 5.84. The number of nitrogens with one attached hydrogen (secondary N) is 1. The number of piperidine rings is 1. The van der Waals surface area contributed by atoms with Gasteiger partial charge in [-0.05, 0) is 64.3 Å². The molecule has 2 saturated heterocycles. The fourth-order valence-corrected chi connectivity index (χ4v) is 4.25. The Morgan fingerprint density at radius 3 is 2.56 bits per heavy atom. The third-order valence-electron chi connectivity index (χ3n) is 5.43. The van der Waals surface area contributed by atoms with Gasteiger partial charge in [-0.15, -0.1) is 0 Å². The number of likely N-dealkylation sites (tertiary alicyclic amines) is 2. The number of hydrogen-bond acceptors (Lipinski definition) is 3. The number of nitrogens with zero attached hydrogens (tertiary/aromatic N) is 2. The monoisotopic (exact) mass is 375 g/mol. The minimum absolute atomic E-state index is 0.00553. The largest absolute Gasteiger partial charge is 0.350 e. The summed E-state index contributed by atoms with van der Waals surface area (Å²) in [4.78, 5) is 29.4. The van der Waals surface area contributed by atoms with Crippen LogP contribution in [-0.4, -0.2) is 53.3 Å². The SMILES string of the molecule is CC(C)(C)NC(=O)CN1CC[C@]2(CCCN(Cc3ccc(F)cc3)C2=O)C1. The number of carbonyl (C=O) groups excluding carboxylic acids is 2. The Balaban J connectivity index is 1.61. The highest BCUT2D eigenvalue weighted by Gasteiger charge is 2.48. The number of carbonyl (C=O) groups is 2. The molecule has 2 amide bonds. The predicted molar refractivity (Wildman–Crippen MR) is 102 cm³/mol. The van der Waals surface area contributed by atoms with Gasteiger partial charge in [0.15, 0.2) is 0 Å². The molecule has 2 fully saturated rings. The Morgan fingerprint density at radius 2 is 1.89 bits per heavy atom. The van der Waals surface area contributed by atoms with Crippen LogP contribution in [0.4, 0.5) is 4.39 Å². The van der Waals surface area contributed by atoms with Gasteiger partial charge in [0, 0.05) is 25.2 Å². The Bertz CT molecular complexity index is 698. The minimum atomic E-state index is -0.375. The summed E-state index contributed by atoms with van der Waals surface area (Å²) in [6.07, 6.45) is 2.65. The van der Waals surface area contributed by atoms with Gasteiger partial charge >= 0.3 is 0 Å². The van der Waals surface area contributed by atoms with Crippen molar-refractivity contribution < 1.29 is 14.0 Å². The standard InChI is InChI=1S/C21H30FN3O2/c1-20(2,3)23-18(26)14-24-12-10-21(15-24)9-4-11-25(19(21)27)13-16-5-7-17(22)8-6-16/h5-8H,4,9-15H2,1-3H3,(H,23,26)/t21-/m1/s1. The van der Waals surface area contributed by atoms with Gasteiger partial charge in [0.25, 0.3) is 0 Å². The average molecular weight is 375 g/mol. The van der Waals surface area contributed by atoms with Crippen molar-refractivity contribution in [3.05, 3.63) is 35.6 Å². The minimum Gasteiger partial charge on any atom is -0.350 e. The van der Waals surface area contributed by atoms with Gasteiger partial charge in [-0.3, -0.25) is 14.5 Å². The van der Waals surface area contributed by atoms with Gasteiger partial charge in [0.05, 0.1) is 12.0 Å². The molecule has 0 aliphatic carbocycles. The lowest BCUT2D eigenvalue weighted by atomic mass is 9.78. The molecule has 27 heavy (non-hydrogen) atoms. The quantitative estimate of drug-likeness (QED) is 0.880. The molecule has 0 unspecified atom stereocenters. The van der Waals surface area contributed by atoms with E-state index in [0.29, 0.717) is 19.6 Å². The number of rotatable bonds is 4. The van der Waals surface area contributed by atoms with E-state index >= 15 is 0 Å². The maximum atomic E-state index is 13.2. The molecule has 1 N–H and O–H groups in total. The first kappa shape index (κ1) is 19.8. The molecule has 0 radical (unpaired) electrons. The summed E-state index contributed by atoms with van der Waals surface area (Å²) in [6.45, 7) is 8.91. The van der Waals surface area contributed by atoms with Crippen LogP contribution in [0.2, 0.25) is 0 Å². The molecule has 2 heterocycles. The van der Waals surface area contributed by atoms with Crippen LogP contribution in [0.25, 0.3) is 0 Å². The zero-order chi connectivity index (χ0) is 19.7. The molecule has 2 aliphatic heterocycles. The van der Waals surface area contributed by atoms with E-state index in [2.05, 4.69) is 10.2 Å². The van der Waals surface area contributed by atoms with Gasteiger partial charge in [0.2, 0.25) is 11.8 Å². The van der Waals surface area contributed by atoms with Crippen molar-refractivity contribution in [2.45, 2.75) is 52.1 Å². The molecular weight excluding hydrogens is 345 g/mol. The Hall–Kier alpha value is -1.95. The first-order chi connectivity index (χ1) is 12.7. The highest BCUT2D eigenvalue weighted by Crippen LogP contribution is 2.40. The topological polar surface area (TPSA) is 52.7 Å². The van der Waals surface area contributed by atoms with Crippen LogP contribution < -0.4 is 5.32 Å². The van der Waals surface area contributed by atoms with Crippen molar-refractivity contribution in [2.75, 3.05) is 26.2 Å². The number of halogens is 1. The zero-order valence-electron chi connectivity index (χ0n) is 16.6. The Morgan fingerprint density at radius 1 is 1.19 bits per heavy atom. The summed E-state index contributed by atoms with van der Waals surface area (Å²) in [5.74, 6) is -0.0806. The van der Waals surface area contributed by atoms with Gasteiger partial charge in [-0.1, -0.05) is 12.1 Å². The summed E-state index contributed by atoms with van der Waals surface area (Å²) < 4.78 is 13.1. The van der Waals surface area contributed by atoms with E-state index in [9.17, 15) is 14.0 Å². The van der Waals surface area contributed by atoms with Gasteiger partial charge < -0.3 is 10.2 Å². The number of amides is 2. The molecule has 148 valence electrons. The van der Waals surface area contributed by atoms with Crippen LogP contribution >= 0.6 is 0 Å². The van der Waals surface area contributed by atoms with Crippen molar-refractivity contribution in [3.63, 3.8) is 0 Å². The predicted octanol–water partition coefficient (Wildman–Crippen LogP) is 2.55. The zero-order valence-corrected chi connectivity index (χ0v) is 16.6. The normalized spacial score (nSPS) is 23.9. The van der Waals surface area contributed by atoms with E-state index in [-0.39, 0.29) is 28.6 Å². The van der Waals surface area contributed by atoms with Crippen molar-refractivity contribution in [1.29, 1.82) is 0 Å². The molecule has 1 atom stereocenters. The van der Waals surface area contributed by atoms with E-state index in [1.807, 2.05) is 25.7 Å². The first-order valence-electron chi connectivity index (χ1n) is 9.74. The summed E-state index contributed by atoms with van der Waals surface area (Å²) >= 11 is 0. The summed E-state index contributed by atoms with van der Waals surface area (Å²) in [7, 11) is 0. The fourth-order valence-electron chi connectivity index (χ4n) is 4.25. The summed E-state index contributed by atoms with van der Waals surface area (Å²) in [5, 5.41) is 2.99. The second kappa shape index (κ2) is 7.58. The lowest BCUT2D eigenvalue weighted by molar-refractivity contribution is -0.146. The van der Waals surface area contributed by atoms with E-state index in [1.54, 1.807) is 12.1 Å². The molecule has 1 spiro atoms. The average Bonchev–Trinajstić information content (AvgIpc) is 2.96. The third-order valence-corrected chi connectivity index (χ3v) is 5.43. The molecule has 3 rings (SSSR count).